The van der Waals surface area contributed by atoms with Gasteiger partial charge in [-0.15, -0.1) is 0 Å². The van der Waals surface area contributed by atoms with E-state index < -0.39 is 0 Å². The normalized spacial score (nSPS) is 17.2. The van der Waals surface area contributed by atoms with Crippen LogP contribution in [0, 0.1) is 0 Å². The SMILES string of the molecule is CN=C(NCCCOCCc1ccccc1)NCCCOCC1CCCO1. The van der Waals surface area contributed by atoms with Crippen molar-refractivity contribution in [1.29, 1.82) is 0 Å². The number of nitrogens with one attached hydrogen (secondary N) is 2. The molecular weight excluding hydrogens is 342 g/mol. The quantitative estimate of drug-likeness (QED) is 0.314. The third kappa shape index (κ3) is 10.3. The van der Waals surface area contributed by atoms with E-state index in [-0.39, 0.29) is 0 Å². The second-order valence-corrected chi connectivity index (χ2v) is 6.69. The summed E-state index contributed by atoms with van der Waals surface area (Å²) in [4.78, 5) is 4.24. The lowest BCUT2D eigenvalue weighted by Gasteiger charge is -2.13. The molecule has 1 aliphatic rings. The summed E-state index contributed by atoms with van der Waals surface area (Å²) in [5.41, 5.74) is 1.32. The van der Waals surface area contributed by atoms with Gasteiger partial charge in [-0.05, 0) is 37.7 Å². The molecule has 1 unspecified atom stereocenters. The van der Waals surface area contributed by atoms with Gasteiger partial charge in [0.25, 0.3) is 0 Å². The molecule has 1 saturated heterocycles. The number of hydrogen-bond donors (Lipinski definition) is 2. The van der Waals surface area contributed by atoms with Gasteiger partial charge in [0.05, 0.1) is 19.3 Å². The summed E-state index contributed by atoms with van der Waals surface area (Å²) in [5, 5.41) is 6.62. The fraction of sp³-hybridized carbons (Fsp3) is 0.667. The number of benzene rings is 1. The van der Waals surface area contributed by atoms with Crippen molar-refractivity contribution in [2.45, 2.75) is 38.2 Å². The maximum Gasteiger partial charge on any atom is 0.190 e. The Morgan fingerprint density at radius 1 is 1.07 bits per heavy atom. The molecule has 6 heteroatoms. The average Bonchev–Trinajstić information content (AvgIpc) is 3.22. The van der Waals surface area contributed by atoms with Gasteiger partial charge < -0.3 is 24.8 Å². The van der Waals surface area contributed by atoms with Crippen LogP contribution in [0.15, 0.2) is 35.3 Å². The van der Waals surface area contributed by atoms with Crippen LogP contribution in [-0.4, -0.2) is 65.2 Å². The number of hydrogen-bond acceptors (Lipinski definition) is 4. The monoisotopic (exact) mass is 377 g/mol. The van der Waals surface area contributed by atoms with Crippen LogP contribution < -0.4 is 10.6 Å². The number of aliphatic imine (C=N–C) groups is 1. The van der Waals surface area contributed by atoms with E-state index in [1.165, 1.54) is 5.56 Å². The summed E-state index contributed by atoms with van der Waals surface area (Å²) in [6.45, 7) is 5.57. The summed E-state index contributed by atoms with van der Waals surface area (Å²) in [7, 11) is 1.79. The number of ether oxygens (including phenoxy) is 3. The van der Waals surface area contributed by atoms with E-state index >= 15 is 0 Å². The first kappa shape index (κ1) is 21.7. The minimum Gasteiger partial charge on any atom is -0.381 e. The molecule has 2 N–H and O–H groups in total. The average molecular weight is 378 g/mol. The Hall–Kier alpha value is -1.63. The zero-order valence-corrected chi connectivity index (χ0v) is 16.6. The number of nitrogens with zero attached hydrogens (tertiary/aromatic N) is 1. The Bertz CT molecular complexity index is 505. The molecule has 1 atom stereocenters. The summed E-state index contributed by atoms with van der Waals surface area (Å²) in [6.07, 6.45) is 5.48. The van der Waals surface area contributed by atoms with Crippen molar-refractivity contribution in [2.24, 2.45) is 4.99 Å². The van der Waals surface area contributed by atoms with Gasteiger partial charge in [0.15, 0.2) is 5.96 Å². The highest BCUT2D eigenvalue weighted by Gasteiger charge is 2.14. The molecule has 152 valence electrons. The minimum atomic E-state index is 0.308. The van der Waals surface area contributed by atoms with Crippen molar-refractivity contribution in [1.82, 2.24) is 10.6 Å². The van der Waals surface area contributed by atoms with Crippen LogP contribution in [0.1, 0.15) is 31.2 Å². The highest BCUT2D eigenvalue weighted by Crippen LogP contribution is 2.11. The van der Waals surface area contributed by atoms with Crippen molar-refractivity contribution < 1.29 is 14.2 Å². The first-order chi connectivity index (χ1) is 13.4. The molecular formula is C21H35N3O3. The van der Waals surface area contributed by atoms with Crippen LogP contribution in [0.25, 0.3) is 0 Å². The molecule has 0 bridgehead atoms. The van der Waals surface area contributed by atoms with Crippen LogP contribution >= 0.6 is 0 Å². The van der Waals surface area contributed by atoms with Gasteiger partial charge >= 0.3 is 0 Å². The van der Waals surface area contributed by atoms with E-state index in [4.69, 9.17) is 14.2 Å². The minimum absolute atomic E-state index is 0.308. The molecule has 2 rings (SSSR count). The molecule has 6 nitrogen and oxygen atoms in total. The van der Waals surface area contributed by atoms with Gasteiger partial charge in [-0.1, -0.05) is 30.3 Å². The smallest absolute Gasteiger partial charge is 0.190 e. The fourth-order valence-electron chi connectivity index (χ4n) is 2.91. The fourth-order valence-corrected chi connectivity index (χ4v) is 2.91. The zero-order chi connectivity index (χ0) is 19.0. The van der Waals surface area contributed by atoms with Gasteiger partial charge in [0.1, 0.15) is 0 Å². The van der Waals surface area contributed by atoms with Gasteiger partial charge in [-0.25, -0.2) is 0 Å². The van der Waals surface area contributed by atoms with Gasteiger partial charge in [-0.2, -0.15) is 0 Å². The van der Waals surface area contributed by atoms with Crippen molar-refractivity contribution in [2.75, 3.05) is 53.2 Å². The van der Waals surface area contributed by atoms with Crippen LogP contribution in [-0.2, 0) is 20.6 Å². The summed E-state index contributed by atoms with van der Waals surface area (Å²) >= 11 is 0. The summed E-state index contributed by atoms with van der Waals surface area (Å²) in [6, 6.07) is 10.4. The molecule has 1 aliphatic heterocycles. The summed E-state index contributed by atoms with van der Waals surface area (Å²) in [5.74, 6) is 0.832. The highest BCUT2D eigenvalue weighted by atomic mass is 16.5. The maximum absolute atomic E-state index is 5.69. The van der Waals surface area contributed by atoms with Gasteiger partial charge in [0.2, 0.25) is 0 Å². The molecule has 1 aromatic rings. The lowest BCUT2D eigenvalue weighted by molar-refractivity contribution is 0.0168. The molecule has 1 fully saturated rings. The zero-order valence-electron chi connectivity index (χ0n) is 16.6. The molecule has 1 aromatic carbocycles. The molecule has 0 spiro atoms. The molecule has 27 heavy (non-hydrogen) atoms. The van der Waals surface area contributed by atoms with E-state index in [1.807, 2.05) is 6.07 Å². The first-order valence-electron chi connectivity index (χ1n) is 10.1. The van der Waals surface area contributed by atoms with Crippen molar-refractivity contribution in [3.63, 3.8) is 0 Å². The van der Waals surface area contributed by atoms with Crippen molar-refractivity contribution in [3.05, 3.63) is 35.9 Å². The van der Waals surface area contributed by atoms with Crippen LogP contribution in [0.5, 0.6) is 0 Å². The van der Waals surface area contributed by atoms with E-state index in [1.54, 1.807) is 7.05 Å². The second-order valence-electron chi connectivity index (χ2n) is 6.69. The molecule has 0 aromatic heterocycles. The van der Waals surface area contributed by atoms with Gasteiger partial charge in [-0.3, -0.25) is 4.99 Å². The Morgan fingerprint density at radius 2 is 1.81 bits per heavy atom. The van der Waals surface area contributed by atoms with Crippen LogP contribution in [0.2, 0.25) is 0 Å². The predicted molar refractivity (Wildman–Crippen MR) is 109 cm³/mol. The van der Waals surface area contributed by atoms with E-state index in [2.05, 4.69) is 39.9 Å². The lowest BCUT2D eigenvalue weighted by atomic mass is 10.2. The van der Waals surface area contributed by atoms with E-state index in [9.17, 15) is 0 Å². The van der Waals surface area contributed by atoms with Crippen LogP contribution in [0.4, 0.5) is 0 Å². The third-order valence-electron chi connectivity index (χ3n) is 4.45. The third-order valence-corrected chi connectivity index (χ3v) is 4.45. The number of guanidine groups is 1. The first-order valence-corrected chi connectivity index (χ1v) is 10.1. The maximum atomic E-state index is 5.69. The Morgan fingerprint density at radius 3 is 2.48 bits per heavy atom. The number of rotatable bonds is 13. The predicted octanol–water partition coefficient (Wildman–Crippen LogP) is 2.39. The standard InChI is InChI=1S/C21H35N3O3/c1-22-21(24-13-7-15-26-18-20-10-5-16-27-20)23-12-6-14-25-17-11-19-8-3-2-4-9-19/h2-4,8-9,20H,5-7,10-18H2,1H3,(H2,22,23,24). The topological polar surface area (TPSA) is 64.1 Å². The molecule has 0 radical (unpaired) electrons. The Balaban J connectivity index is 1.37. The van der Waals surface area contributed by atoms with Crippen molar-refractivity contribution in [3.8, 4) is 0 Å². The largest absolute Gasteiger partial charge is 0.381 e. The Kier molecular flexibility index (Phi) is 11.6. The summed E-state index contributed by atoms with van der Waals surface area (Å²) < 4.78 is 16.9. The van der Waals surface area contributed by atoms with E-state index in [0.717, 1.165) is 84.2 Å². The second kappa shape index (κ2) is 14.4. The molecule has 0 amide bonds. The molecule has 0 aliphatic carbocycles. The van der Waals surface area contributed by atoms with E-state index in [0.29, 0.717) is 6.10 Å². The van der Waals surface area contributed by atoms with Gasteiger partial charge in [0, 0.05) is 40.0 Å². The van der Waals surface area contributed by atoms with Crippen LogP contribution in [0.3, 0.4) is 0 Å². The highest BCUT2D eigenvalue weighted by molar-refractivity contribution is 5.79. The van der Waals surface area contributed by atoms with Crippen molar-refractivity contribution >= 4 is 5.96 Å². The lowest BCUT2D eigenvalue weighted by Crippen LogP contribution is -2.38. The molecule has 0 saturated carbocycles. The molecule has 1 heterocycles. The Labute approximate surface area is 163 Å².